The van der Waals surface area contributed by atoms with E-state index in [9.17, 15) is 18.4 Å². The highest BCUT2D eigenvalue weighted by Gasteiger charge is 2.29. The van der Waals surface area contributed by atoms with E-state index < -0.39 is 17.5 Å². The van der Waals surface area contributed by atoms with Gasteiger partial charge in [0.2, 0.25) is 0 Å². The van der Waals surface area contributed by atoms with Crippen LogP contribution in [-0.4, -0.2) is 29.7 Å². The molecule has 0 bridgehead atoms. The van der Waals surface area contributed by atoms with Gasteiger partial charge in [0.1, 0.15) is 11.6 Å². The van der Waals surface area contributed by atoms with Crippen LogP contribution in [-0.2, 0) is 0 Å². The standard InChI is InChI=1S/C21H21F2NO2/c1-13-3-4-19(14(2)9-13)20(25)15-5-7-24(8-6-15)21(26)16-10-17(22)12-18(23)11-16/h3-4,9-12,15H,5-8H2,1-2H3. The van der Waals surface area contributed by atoms with E-state index in [1.54, 1.807) is 4.90 Å². The van der Waals surface area contributed by atoms with Crippen molar-refractivity contribution in [2.24, 2.45) is 5.92 Å². The largest absolute Gasteiger partial charge is 0.339 e. The van der Waals surface area contributed by atoms with E-state index in [4.69, 9.17) is 0 Å². The van der Waals surface area contributed by atoms with Crippen LogP contribution < -0.4 is 0 Å². The van der Waals surface area contributed by atoms with Gasteiger partial charge in [-0.1, -0.05) is 23.8 Å². The van der Waals surface area contributed by atoms with Gasteiger partial charge in [-0.25, -0.2) is 8.78 Å². The highest BCUT2D eigenvalue weighted by molar-refractivity contribution is 5.99. The summed E-state index contributed by atoms with van der Waals surface area (Å²) in [5.74, 6) is -1.97. The summed E-state index contributed by atoms with van der Waals surface area (Å²) in [5, 5.41) is 0. The second-order valence-corrected chi connectivity index (χ2v) is 6.91. The van der Waals surface area contributed by atoms with Gasteiger partial charge in [-0.15, -0.1) is 0 Å². The third kappa shape index (κ3) is 3.82. The zero-order chi connectivity index (χ0) is 18.8. The minimum atomic E-state index is -0.770. The first-order valence-corrected chi connectivity index (χ1v) is 8.72. The molecule has 1 aliphatic heterocycles. The molecule has 5 heteroatoms. The molecule has 3 nitrogen and oxygen atoms in total. The van der Waals surface area contributed by atoms with Gasteiger partial charge in [-0.05, 0) is 44.4 Å². The molecule has 1 amide bonds. The summed E-state index contributed by atoms with van der Waals surface area (Å²) in [6.07, 6.45) is 1.10. The van der Waals surface area contributed by atoms with Gasteiger partial charge >= 0.3 is 0 Å². The molecule has 0 aliphatic carbocycles. The van der Waals surface area contributed by atoms with Crippen molar-refractivity contribution in [1.29, 1.82) is 0 Å². The minimum absolute atomic E-state index is 0.00153. The molecule has 0 atom stereocenters. The van der Waals surface area contributed by atoms with Crippen molar-refractivity contribution in [1.82, 2.24) is 4.90 Å². The molecule has 0 N–H and O–H groups in total. The maximum atomic E-state index is 13.3. The van der Waals surface area contributed by atoms with Gasteiger partial charge in [0.05, 0.1) is 0 Å². The monoisotopic (exact) mass is 357 g/mol. The maximum absolute atomic E-state index is 13.3. The van der Waals surface area contributed by atoms with Gasteiger partial charge in [-0.3, -0.25) is 9.59 Å². The number of halogens is 2. The van der Waals surface area contributed by atoms with Crippen LogP contribution in [0.1, 0.15) is 44.7 Å². The van der Waals surface area contributed by atoms with E-state index in [0.717, 1.165) is 34.9 Å². The zero-order valence-corrected chi connectivity index (χ0v) is 14.9. The van der Waals surface area contributed by atoms with Crippen LogP contribution >= 0.6 is 0 Å². The Hall–Kier alpha value is -2.56. The summed E-state index contributed by atoms with van der Waals surface area (Å²) in [6, 6.07) is 8.60. The summed E-state index contributed by atoms with van der Waals surface area (Å²) in [5.41, 5.74) is 2.81. The number of ketones is 1. The molecule has 1 heterocycles. The van der Waals surface area contributed by atoms with Crippen molar-refractivity contribution in [2.75, 3.05) is 13.1 Å². The van der Waals surface area contributed by atoms with Crippen molar-refractivity contribution in [3.63, 3.8) is 0 Å². The van der Waals surface area contributed by atoms with Gasteiger partial charge in [-0.2, -0.15) is 0 Å². The Balaban J connectivity index is 1.67. The lowest BCUT2D eigenvalue weighted by molar-refractivity contribution is 0.0649. The quantitative estimate of drug-likeness (QED) is 0.768. The Morgan fingerprint density at radius 2 is 1.58 bits per heavy atom. The number of likely N-dealkylation sites (tertiary alicyclic amines) is 1. The molecular formula is C21H21F2NO2. The van der Waals surface area contributed by atoms with E-state index in [0.29, 0.717) is 25.9 Å². The Kier molecular flexibility index (Phi) is 5.16. The number of piperidine rings is 1. The van der Waals surface area contributed by atoms with Crippen molar-refractivity contribution in [3.8, 4) is 0 Å². The number of nitrogens with zero attached hydrogens (tertiary/aromatic N) is 1. The van der Waals surface area contributed by atoms with Crippen molar-refractivity contribution in [3.05, 3.63) is 70.3 Å². The highest BCUT2D eigenvalue weighted by atomic mass is 19.1. The summed E-state index contributed by atoms with van der Waals surface area (Å²) >= 11 is 0. The molecule has 0 spiro atoms. The Morgan fingerprint density at radius 3 is 2.15 bits per heavy atom. The second kappa shape index (κ2) is 7.36. The molecule has 0 saturated carbocycles. The fourth-order valence-corrected chi connectivity index (χ4v) is 3.51. The Morgan fingerprint density at radius 1 is 0.962 bits per heavy atom. The van der Waals surface area contributed by atoms with Crippen LogP contribution in [0.3, 0.4) is 0 Å². The van der Waals surface area contributed by atoms with Crippen molar-refractivity contribution < 1.29 is 18.4 Å². The van der Waals surface area contributed by atoms with E-state index in [2.05, 4.69) is 0 Å². The summed E-state index contributed by atoms with van der Waals surface area (Å²) in [4.78, 5) is 26.8. The minimum Gasteiger partial charge on any atom is -0.339 e. The summed E-state index contributed by atoms with van der Waals surface area (Å²) in [6.45, 7) is 4.72. The van der Waals surface area contributed by atoms with Crippen LogP contribution in [0.15, 0.2) is 36.4 Å². The number of carbonyl (C=O) groups is 2. The Labute approximate surface area is 151 Å². The Bertz CT molecular complexity index is 835. The number of aryl methyl sites for hydroxylation is 2. The summed E-state index contributed by atoms with van der Waals surface area (Å²) in [7, 11) is 0. The predicted octanol–water partition coefficient (Wildman–Crippen LogP) is 4.32. The van der Waals surface area contributed by atoms with Gasteiger partial charge in [0.25, 0.3) is 5.91 Å². The number of benzene rings is 2. The molecular weight excluding hydrogens is 336 g/mol. The first-order chi connectivity index (χ1) is 12.3. The third-order valence-electron chi connectivity index (χ3n) is 4.91. The van der Waals surface area contributed by atoms with Gasteiger partial charge < -0.3 is 4.90 Å². The number of Topliss-reactive ketones (excluding diaryl/α,β-unsaturated/α-hetero) is 1. The van der Waals surface area contributed by atoms with Gasteiger partial charge in [0.15, 0.2) is 5.78 Å². The molecule has 0 aromatic heterocycles. The normalized spacial score (nSPS) is 15.2. The van der Waals surface area contributed by atoms with Crippen molar-refractivity contribution >= 4 is 11.7 Å². The molecule has 2 aromatic rings. The molecule has 1 saturated heterocycles. The molecule has 0 unspecified atom stereocenters. The first kappa shape index (κ1) is 18.2. The van der Waals surface area contributed by atoms with Crippen molar-refractivity contribution in [2.45, 2.75) is 26.7 Å². The van der Waals surface area contributed by atoms with E-state index in [1.807, 2.05) is 32.0 Å². The fourth-order valence-electron chi connectivity index (χ4n) is 3.51. The lowest BCUT2D eigenvalue weighted by Gasteiger charge is -2.31. The lowest BCUT2D eigenvalue weighted by atomic mass is 9.87. The SMILES string of the molecule is Cc1ccc(C(=O)C2CCN(C(=O)c3cc(F)cc(F)c3)CC2)c(C)c1. The second-order valence-electron chi connectivity index (χ2n) is 6.91. The topological polar surface area (TPSA) is 37.4 Å². The molecule has 26 heavy (non-hydrogen) atoms. The average molecular weight is 357 g/mol. The van der Waals surface area contributed by atoms with E-state index >= 15 is 0 Å². The summed E-state index contributed by atoms with van der Waals surface area (Å²) < 4.78 is 26.6. The van der Waals surface area contributed by atoms with Crippen LogP contribution in [0.2, 0.25) is 0 Å². The highest BCUT2D eigenvalue weighted by Crippen LogP contribution is 2.25. The zero-order valence-electron chi connectivity index (χ0n) is 14.9. The molecule has 136 valence electrons. The number of amides is 1. The van der Waals surface area contributed by atoms with Gasteiger partial charge in [0, 0.05) is 36.2 Å². The van der Waals surface area contributed by atoms with Crippen LogP contribution in [0, 0.1) is 31.4 Å². The molecule has 2 aromatic carbocycles. The van der Waals surface area contributed by atoms with Crippen LogP contribution in [0.5, 0.6) is 0 Å². The van der Waals surface area contributed by atoms with Crippen LogP contribution in [0.25, 0.3) is 0 Å². The number of hydrogen-bond acceptors (Lipinski definition) is 2. The molecule has 1 fully saturated rings. The fraction of sp³-hybridized carbons (Fsp3) is 0.333. The molecule has 0 radical (unpaired) electrons. The number of hydrogen-bond donors (Lipinski definition) is 0. The van der Waals surface area contributed by atoms with E-state index in [-0.39, 0.29) is 17.3 Å². The lowest BCUT2D eigenvalue weighted by Crippen LogP contribution is -2.40. The molecule has 3 rings (SSSR count). The maximum Gasteiger partial charge on any atom is 0.254 e. The smallest absolute Gasteiger partial charge is 0.254 e. The van der Waals surface area contributed by atoms with Crippen LogP contribution in [0.4, 0.5) is 8.78 Å². The molecule has 1 aliphatic rings. The van der Waals surface area contributed by atoms with E-state index in [1.165, 1.54) is 0 Å². The number of carbonyl (C=O) groups excluding carboxylic acids is 2. The predicted molar refractivity (Wildman–Crippen MR) is 95.2 cm³/mol. The average Bonchev–Trinajstić information content (AvgIpc) is 2.60. The third-order valence-corrected chi connectivity index (χ3v) is 4.91. The first-order valence-electron chi connectivity index (χ1n) is 8.72. The number of rotatable bonds is 3.